The van der Waals surface area contributed by atoms with Gasteiger partial charge in [0.1, 0.15) is 0 Å². The molecule has 0 unspecified atom stereocenters. The molecule has 104 valence electrons. The smallest absolute Gasteiger partial charge is 0.305 e. The van der Waals surface area contributed by atoms with E-state index in [4.69, 9.17) is 10.8 Å². The Morgan fingerprint density at radius 3 is 2.42 bits per heavy atom. The minimum Gasteiger partial charge on any atom is -0.481 e. The summed E-state index contributed by atoms with van der Waals surface area (Å²) < 4.78 is 0. The number of hydrogen-bond acceptors (Lipinski definition) is 4. The highest BCUT2D eigenvalue weighted by Crippen LogP contribution is 2.03. The minimum atomic E-state index is -1.13. The predicted molar refractivity (Wildman–Crippen MR) is 69.4 cm³/mol. The summed E-state index contributed by atoms with van der Waals surface area (Å²) >= 11 is 0. The van der Waals surface area contributed by atoms with Crippen LogP contribution in [0.25, 0.3) is 0 Å². The monoisotopic (exact) mass is 266 g/mol. The number of aliphatic carboxylic acids is 1. The van der Waals surface area contributed by atoms with Gasteiger partial charge in [-0.15, -0.1) is 0 Å². The zero-order chi connectivity index (χ0) is 14.3. The number of hydrogen-bond donors (Lipinski definition) is 4. The molecule has 0 aliphatic rings. The molecule has 2 atom stereocenters. The van der Waals surface area contributed by atoms with Gasteiger partial charge in [0.05, 0.1) is 25.1 Å². The molecule has 0 heterocycles. The van der Waals surface area contributed by atoms with Crippen LogP contribution < -0.4 is 11.1 Å². The Labute approximate surface area is 111 Å². The molecule has 19 heavy (non-hydrogen) atoms. The third-order valence-electron chi connectivity index (χ3n) is 2.62. The molecule has 0 fully saturated rings. The van der Waals surface area contributed by atoms with Gasteiger partial charge in [0.15, 0.2) is 0 Å². The maximum Gasteiger partial charge on any atom is 0.305 e. The lowest BCUT2D eigenvalue weighted by Crippen LogP contribution is -2.48. The molecular formula is C13H18N2O4. The van der Waals surface area contributed by atoms with Crippen molar-refractivity contribution in [3.05, 3.63) is 35.9 Å². The van der Waals surface area contributed by atoms with Crippen molar-refractivity contribution in [1.82, 2.24) is 5.32 Å². The Balaban J connectivity index is 2.52. The van der Waals surface area contributed by atoms with E-state index in [-0.39, 0.29) is 6.61 Å². The Hall–Kier alpha value is -1.92. The molecule has 1 amide bonds. The highest BCUT2D eigenvalue weighted by Gasteiger charge is 2.20. The molecule has 1 rings (SSSR count). The second-order valence-corrected chi connectivity index (χ2v) is 4.28. The largest absolute Gasteiger partial charge is 0.481 e. The quantitative estimate of drug-likeness (QED) is 0.532. The fourth-order valence-electron chi connectivity index (χ4n) is 1.65. The molecular weight excluding hydrogens is 248 g/mol. The van der Waals surface area contributed by atoms with Crippen molar-refractivity contribution in [1.29, 1.82) is 0 Å². The molecule has 6 nitrogen and oxygen atoms in total. The van der Waals surface area contributed by atoms with Crippen LogP contribution in [0.15, 0.2) is 30.3 Å². The van der Waals surface area contributed by atoms with Gasteiger partial charge in [0, 0.05) is 0 Å². The topological polar surface area (TPSA) is 113 Å². The first-order chi connectivity index (χ1) is 9.02. The van der Waals surface area contributed by atoms with Crippen LogP contribution in [0.1, 0.15) is 12.0 Å². The molecule has 0 aliphatic heterocycles. The van der Waals surface area contributed by atoms with Crippen LogP contribution in [0.2, 0.25) is 0 Å². The predicted octanol–water partition coefficient (Wildman–Crippen LogP) is -0.492. The number of rotatable bonds is 7. The van der Waals surface area contributed by atoms with E-state index < -0.39 is 30.4 Å². The van der Waals surface area contributed by atoms with Crippen LogP contribution >= 0.6 is 0 Å². The van der Waals surface area contributed by atoms with E-state index in [1.165, 1.54) is 0 Å². The Morgan fingerprint density at radius 1 is 1.26 bits per heavy atom. The Kier molecular flexibility index (Phi) is 5.98. The molecule has 1 aromatic rings. The normalized spacial score (nSPS) is 13.6. The molecule has 0 spiro atoms. The van der Waals surface area contributed by atoms with Gasteiger partial charge in [-0.05, 0) is 12.0 Å². The first-order valence-corrected chi connectivity index (χ1v) is 5.95. The summed E-state index contributed by atoms with van der Waals surface area (Å²) in [5.41, 5.74) is 6.41. The number of carboxylic acids is 1. The number of carboxylic acid groups (broad SMARTS) is 1. The summed E-state index contributed by atoms with van der Waals surface area (Å²) in [6.45, 7) is -0.236. The van der Waals surface area contributed by atoms with Crippen LogP contribution in [0.4, 0.5) is 0 Å². The van der Waals surface area contributed by atoms with Crippen LogP contribution in [-0.2, 0) is 16.0 Å². The van der Waals surface area contributed by atoms with E-state index in [0.717, 1.165) is 5.56 Å². The third-order valence-corrected chi connectivity index (χ3v) is 2.62. The second kappa shape index (κ2) is 7.50. The molecule has 5 N–H and O–H groups in total. The molecule has 0 aromatic heterocycles. The third kappa shape index (κ3) is 5.50. The lowest BCUT2D eigenvalue weighted by atomic mass is 10.1. The van der Waals surface area contributed by atoms with Crippen LogP contribution in [0, 0.1) is 0 Å². The van der Waals surface area contributed by atoms with Gasteiger partial charge in [-0.2, -0.15) is 0 Å². The van der Waals surface area contributed by atoms with Gasteiger partial charge in [-0.3, -0.25) is 9.59 Å². The van der Waals surface area contributed by atoms with Gasteiger partial charge in [0.25, 0.3) is 0 Å². The van der Waals surface area contributed by atoms with Gasteiger partial charge in [-0.25, -0.2) is 0 Å². The zero-order valence-corrected chi connectivity index (χ0v) is 10.5. The van der Waals surface area contributed by atoms with Gasteiger partial charge < -0.3 is 21.3 Å². The summed E-state index contributed by atoms with van der Waals surface area (Å²) in [5, 5.41) is 20.3. The number of carbonyl (C=O) groups excluding carboxylic acids is 1. The molecule has 0 aliphatic carbocycles. The molecule has 1 aromatic carbocycles. The number of aliphatic hydroxyl groups excluding tert-OH is 1. The van der Waals surface area contributed by atoms with E-state index in [9.17, 15) is 14.7 Å². The standard InChI is InChI=1S/C13H18N2O4/c14-11(7-12(17)18)13(19)15-10(8-16)6-9-4-2-1-3-5-9/h1-5,10-11,16H,6-8,14H2,(H,15,19)(H,17,18)/t10-,11+/m1/s1. The van der Waals surface area contributed by atoms with Crippen molar-refractivity contribution in [3.8, 4) is 0 Å². The average molecular weight is 266 g/mol. The van der Waals surface area contributed by atoms with E-state index >= 15 is 0 Å². The lowest BCUT2D eigenvalue weighted by Gasteiger charge is -2.18. The van der Waals surface area contributed by atoms with Crippen LogP contribution in [0.3, 0.4) is 0 Å². The number of carbonyl (C=O) groups is 2. The summed E-state index contributed by atoms with van der Waals surface area (Å²) in [7, 11) is 0. The SMILES string of the molecule is N[C@@H](CC(=O)O)C(=O)N[C@@H](CO)Cc1ccccc1. The fraction of sp³-hybridized carbons (Fsp3) is 0.385. The number of benzene rings is 1. The van der Waals surface area contributed by atoms with Crippen LogP contribution in [-0.4, -0.2) is 40.8 Å². The Bertz CT molecular complexity index is 422. The molecule has 0 radical (unpaired) electrons. The summed E-state index contributed by atoms with van der Waals surface area (Å²) in [6.07, 6.45) is 0.0260. The minimum absolute atomic E-state index is 0.236. The highest BCUT2D eigenvalue weighted by molar-refractivity contribution is 5.86. The maximum atomic E-state index is 11.6. The highest BCUT2D eigenvalue weighted by atomic mass is 16.4. The van der Waals surface area contributed by atoms with Crippen LogP contribution in [0.5, 0.6) is 0 Å². The first-order valence-electron chi connectivity index (χ1n) is 5.95. The van der Waals surface area contributed by atoms with E-state index in [0.29, 0.717) is 6.42 Å². The van der Waals surface area contributed by atoms with E-state index in [2.05, 4.69) is 5.32 Å². The molecule has 0 saturated carbocycles. The van der Waals surface area contributed by atoms with Gasteiger partial charge in [0.2, 0.25) is 5.91 Å². The number of aliphatic hydroxyl groups is 1. The second-order valence-electron chi connectivity index (χ2n) is 4.28. The van der Waals surface area contributed by atoms with Crippen molar-refractivity contribution in [3.63, 3.8) is 0 Å². The van der Waals surface area contributed by atoms with Gasteiger partial charge >= 0.3 is 5.97 Å². The maximum absolute atomic E-state index is 11.6. The molecule has 0 bridgehead atoms. The molecule has 6 heteroatoms. The van der Waals surface area contributed by atoms with Gasteiger partial charge in [-0.1, -0.05) is 30.3 Å². The fourth-order valence-corrected chi connectivity index (χ4v) is 1.65. The molecule has 0 saturated heterocycles. The van der Waals surface area contributed by atoms with Crippen molar-refractivity contribution in [2.75, 3.05) is 6.61 Å². The summed E-state index contributed by atoms with van der Waals surface area (Å²) in [5.74, 6) is -1.70. The average Bonchev–Trinajstić information content (AvgIpc) is 2.38. The van der Waals surface area contributed by atoms with Crippen molar-refractivity contribution < 1.29 is 19.8 Å². The Morgan fingerprint density at radius 2 is 1.89 bits per heavy atom. The van der Waals surface area contributed by atoms with E-state index in [1.54, 1.807) is 0 Å². The zero-order valence-electron chi connectivity index (χ0n) is 10.5. The number of nitrogens with two attached hydrogens (primary N) is 1. The number of nitrogens with one attached hydrogen (secondary N) is 1. The van der Waals surface area contributed by atoms with E-state index in [1.807, 2.05) is 30.3 Å². The summed E-state index contributed by atoms with van der Waals surface area (Å²) in [6, 6.07) is 7.78. The number of amides is 1. The summed E-state index contributed by atoms with van der Waals surface area (Å²) in [4.78, 5) is 22.1. The first kappa shape index (κ1) is 15.1. The lowest BCUT2D eigenvalue weighted by molar-refractivity contribution is -0.139. The van der Waals surface area contributed by atoms with Crippen molar-refractivity contribution in [2.24, 2.45) is 5.73 Å². The van der Waals surface area contributed by atoms with Crippen molar-refractivity contribution >= 4 is 11.9 Å². The van der Waals surface area contributed by atoms with Crippen molar-refractivity contribution in [2.45, 2.75) is 24.9 Å².